The van der Waals surface area contributed by atoms with Gasteiger partial charge in [0.2, 0.25) is 0 Å². The number of nitrogens with zero attached hydrogens (tertiary/aromatic N) is 2. The lowest BCUT2D eigenvalue weighted by molar-refractivity contribution is 0.300. The van der Waals surface area contributed by atoms with Crippen LogP contribution in [0.2, 0.25) is 0 Å². The Balaban J connectivity index is 1.81. The van der Waals surface area contributed by atoms with Crippen LogP contribution < -0.4 is 16.6 Å². The average Bonchev–Trinajstić information content (AvgIpc) is 2.38. The number of aromatic nitrogens is 2. The molecule has 4 N–H and O–H groups in total. The molecule has 17 heavy (non-hydrogen) atoms. The lowest BCUT2D eigenvalue weighted by atomic mass is 9.83. The van der Waals surface area contributed by atoms with E-state index in [0.29, 0.717) is 5.82 Å². The molecular weight excluding hydrogens is 214 g/mol. The Labute approximate surface area is 102 Å². The molecule has 1 aromatic rings. The summed E-state index contributed by atoms with van der Waals surface area (Å²) < 4.78 is 0. The molecule has 0 atom stereocenters. The summed E-state index contributed by atoms with van der Waals surface area (Å²) in [6, 6.07) is 1.82. The van der Waals surface area contributed by atoms with Gasteiger partial charge in [-0.3, -0.25) is 0 Å². The van der Waals surface area contributed by atoms with Gasteiger partial charge in [-0.1, -0.05) is 19.8 Å². The maximum Gasteiger partial charge on any atom is 0.145 e. The Morgan fingerprint density at radius 2 is 1.94 bits per heavy atom. The summed E-state index contributed by atoms with van der Waals surface area (Å²) in [5.41, 5.74) is 2.52. The zero-order valence-electron chi connectivity index (χ0n) is 10.3. The zero-order valence-corrected chi connectivity index (χ0v) is 10.3. The molecule has 0 radical (unpaired) electrons. The summed E-state index contributed by atoms with van der Waals surface area (Å²) in [5.74, 6) is 8.46. The zero-order chi connectivity index (χ0) is 12.1. The van der Waals surface area contributed by atoms with Gasteiger partial charge in [-0.2, -0.15) is 0 Å². The van der Waals surface area contributed by atoms with Gasteiger partial charge in [0.05, 0.1) is 0 Å². The van der Waals surface area contributed by atoms with Crippen LogP contribution in [0.1, 0.15) is 32.6 Å². The molecule has 0 amide bonds. The number of hydrogen-bond acceptors (Lipinski definition) is 5. The van der Waals surface area contributed by atoms with Crippen LogP contribution >= 0.6 is 0 Å². The fourth-order valence-electron chi connectivity index (χ4n) is 2.32. The van der Waals surface area contributed by atoms with E-state index in [2.05, 4.69) is 27.6 Å². The van der Waals surface area contributed by atoms with Crippen LogP contribution in [0.15, 0.2) is 12.4 Å². The molecule has 0 unspecified atom stereocenters. The summed E-state index contributed by atoms with van der Waals surface area (Å²) in [4.78, 5) is 8.14. The molecule has 1 aromatic heterocycles. The van der Waals surface area contributed by atoms with Crippen LogP contribution in [0.3, 0.4) is 0 Å². The molecule has 1 fully saturated rings. The van der Waals surface area contributed by atoms with Crippen molar-refractivity contribution in [2.45, 2.75) is 32.6 Å². The first kappa shape index (κ1) is 12.1. The van der Waals surface area contributed by atoms with Crippen molar-refractivity contribution in [3.63, 3.8) is 0 Å². The van der Waals surface area contributed by atoms with Crippen LogP contribution in [0.5, 0.6) is 0 Å². The van der Waals surface area contributed by atoms with Gasteiger partial charge in [-0.05, 0) is 24.7 Å². The van der Waals surface area contributed by atoms with E-state index < -0.39 is 0 Å². The van der Waals surface area contributed by atoms with E-state index in [9.17, 15) is 0 Å². The molecule has 0 spiro atoms. The fourth-order valence-corrected chi connectivity index (χ4v) is 2.32. The van der Waals surface area contributed by atoms with Gasteiger partial charge in [0.15, 0.2) is 0 Å². The van der Waals surface area contributed by atoms with Crippen LogP contribution in [0, 0.1) is 11.8 Å². The first-order chi connectivity index (χ1) is 8.28. The van der Waals surface area contributed by atoms with Crippen molar-refractivity contribution < 1.29 is 0 Å². The molecule has 1 saturated carbocycles. The van der Waals surface area contributed by atoms with Crippen molar-refractivity contribution >= 4 is 11.6 Å². The second kappa shape index (κ2) is 5.82. The molecular formula is C12H21N5. The normalized spacial score (nSPS) is 24.4. The molecule has 0 aliphatic heterocycles. The Bertz CT molecular complexity index is 347. The molecule has 0 saturated heterocycles. The van der Waals surface area contributed by atoms with Crippen molar-refractivity contribution in [1.82, 2.24) is 9.97 Å². The van der Waals surface area contributed by atoms with Crippen molar-refractivity contribution in [3.05, 3.63) is 12.4 Å². The minimum absolute atomic E-state index is 0.639. The van der Waals surface area contributed by atoms with E-state index in [1.165, 1.54) is 32.0 Å². The number of hydrogen-bond donors (Lipinski definition) is 3. The number of nitrogens with two attached hydrogens (primary N) is 1. The first-order valence-electron chi connectivity index (χ1n) is 6.30. The lowest BCUT2D eigenvalue weighted by Crippen LogP contribution is -2.20. The van der Waals surface area contributed by atoms with Crippen LogP contribution in [0.4, 0.5) is 11.6 Å². The highest BCUT2D eigenvalue weighted by Crippen LogP contribution is 2.28. The van der Waals surface area contributed by atoms with Gasteiger partial charge >= 0.3 is 0 Å². The van der Waals surface area contributed by atoms with Crippen molar-refractivity contribution in [1.29, 1.82) is 0 Å². The standard InChI is InChI=1S/C12H21N5/c1-9-2-4-10(5-3-9)7-14-11-6-12(17-13)16-8-15-11/h6,8-10H,2-5,7,13H2,1H3,(H2,14,15,16,17). The van der Waals surface area contributed by atoms with E-state index in [-0.39, 0.29) is 0 Å². The Kier molecular flexibility index (Phi) is 4.14. The Morgan fingerprint density at radius 1 is 1.24 bits per heavy atom. The number of hydrazine groups is 1. The molecule has 1 heterocycles. The topological polar surface area (TPSA) is 75.9 Å². The Morgan fingerprint density at radius 3 is 2.65 bits per heavy atom. The van der Waals surface area contributed by atoms with E-state index in [1.54, 1.807) is 0 Å². The maximum absolute atomic E-state index is 5.30. The van der Waals surface area contributed by atoms with Gasteiger partial charge in [-0.25, -0.2) is 15.8 Å². The van der Waals surface area contributed by atoms with Gasteiger partial charge < -0.3 is 10.7 Å². The molecule has 94 valence electrons. The highest BCUT2D eigenvalue weighted by molar-refractivity contribution is 5.45. The average molecular weight is 235 g/mol. The van der Waals surface area contributed by atoms with Crippen LogP contribution in [-0.4, -0.2) is 16.5 Å². The highest BCUT2D eigenvalue weighted by atomic mass is 15.3. The highest BCUT2D eigenvalue weighted by Gasteiger charge is 2.17. The molecule has 1 aliphatic carbocycles. The lowest BCUT2D eigenvalue weighted by Gasteiger charge is -2.26. The third-order valence-corrected chi connectivity index (χ3v) is 3.52. The number of anilines is 2. The number of rotatable bonds is 4. The van der Waals surface area contributed by atoms with E-state index >= 15 is 0 Å². The Hall–Kier alpha value is -1.36. The summed E-state index contributed by atoms with van der Waals surface area (Å²) >= 11 is 0. The van der Waals surface area contributed by atoms with Crippen molar-refractivity contribution in [2.75, 3.05) is 17.3 Å². The van der Waals surface area contributed by atoms with Gasteiger partial charge in [-0.15, -0.1) is 0 Å². The van der Waals surface area contributed by atoms with Crippen molar-refractivity contribution in [2.24, 2.45) is 17.7 Å². The predicted molar refractivity (Wildman–Crippen MR) is 69.5 cm³/mol. The van der Waals surface area contributed by atoms with E-state index in [0.717, 1.165) is 24.2 Å². The summed E-state index contributed by atoms with van der Waals surface area (Å²) in [7, 11) is 0. The third kappa shape index (κ3) is 3.56. The number of nitrogens with one attached hydrogen (secondary N) is 2. The molecule has 5 nitrogen and oxygen atoms in total. The largest absolute Gasteiger partial charge is 0.370 e. The second-order valence-corrected chi connectivity index (χ2v) is 4.94. The molecule has 0 aromatic carbocycles. The van der Waals surface area contributed by atoms with Gasteiger partial charge in [0.25, 0.3) is 0 Å². The second-order valence-electron chi connectivity index (χ2n) is 4.94. The molecule has 2 rings (SSSR count). The summed E-state index contributed by atoms with van der Waals surface area (Å²) in [5, 5.41) is 3.36. The fraction of sp³-hybridized carbons (Fsp3) is 0.667. The SMILES string of the molecule is CC1CCC(CNc2cc(NN)ncn2)CC1. The molecule has 1 aliphatic rings. The third-order valence-electron chi connectivity index (χ3n) is 3.52. The predicted octanol–water partition coefficient (Wildman–Crippen LogP) is 2.00. The van der Waals surface area contributed by atoms with E-state index in [4.69, 9.17) is 5.84 Å². The summed E-state index contributed by atoms with van der Waals surface area (Å²) in [6.45, 7) is 3.33. The van der Waals surface area contributed by atoms with Gasteiger partial charge in [0, 0.05) is 12.6 Å². The van der Waals surface area contributed by atoms with E-state index in [1.807, 2.05) is 6.07 Å². The minimum atomic E-state index is 0.639. The number of nitrogen functional groups attached to an aromatic ring is 1. The van der Waals surface area contributed by atoms with Crippen LogP contribution in [-0.2, 0) is 0 Å². The molecule has 0 bridgehead atoms. The molecule has 5 heteroatoms. The monoisotopic (exact) mass is 235 g/mol. The van der Waals surface area contributed by atoms with Gasteiger partial charge in [0.1, 0.15) is 18.0 Å². The van der Waals surface area contributed by atoms with Crippen LogP contribution in [0.25, 0.3) is 0 Å². The smallest absolute Gasteiger partial charge is 0.145 e. The minimum Gasteiger partial charge on any atom is -0.370 e. The van der Waals surface area contributed by atoms with Crippen molar-refractivity contribution in [3.8, 4) is 0 Å². The maximum atomic E-state index is 5.30. The first-order valence-corrected chi connectivity index (χ1v) is 6.30. The quantitative estimate of drug-likeness (QED) is 0.549. The summed E-state index contributed by atoms with van der Waals surface area (Å²) in [6.07, 6.45) is 6.86.